The highest BCUT2D eigenvalue weighted by Gasteiger charge is 2.34. The summed E-state index contributed by atoms with van der Waals surface area (Å²) in [5, 5.41) is 2.92. The van der Waals surface area contributed by atoms with E-state index in [4.69, 9.17) is 4.74 Å². The van der Waals surface area contributed by atoms with E-state index in [0.29, 0.717) is 26.3 Å². The molecule has 1 aromatic carbocycles. The van der Waals surface area contributed by atoms with Gasteiger partial charge in [-0.15, -0.1) is 0 Å². The van der Waals surface area contributed by atoms with E-state index in [0.717, 1.165) is 18.4 Å². The third-order valence-corrected chi connectivity index (χ3v) is 3.94. The molecule has 0 bridgehead atoms. The molecule has 5 heteroatoms. The number of benzene rings is 1. The zero-order valence-corrected chi connectivity index (χ0v) is 12.0. The number of ether oxygens (including phenoxy) is 1. The minimum absolute atomic E-state index is 0.00883. The highest BCUT2D eigenvalue weighted by molar-refractivity contribution is 5.90. The lowest BCUT2D eigenvalue weighted by Crippen LogP contribution is -2.47. The van der Waals surface area contributed by atoms with Crippen molar-refractivity contribution in [3.63, 3.8) is 0 Å². The van der Waals surface area contributed by atoms with Crippen LogP contribution in [0.4, 0.5) is 0 Å². The van der Waals surface area contributed by atoms with Crippen molar-refractivity contribution < 1.29 is 14.3 Å². The normalized spacial score (nSPS) is 19.9. The van der Waals surface area contributed by atoms with Crippen LogP contribution in [0.1, 0.15) is 24.4 Å². The Hall–Kier alpha value is -1.88. The van der Waals surface area contributed by atoms with Crippen LogP contribution in [0, 0.1) is 5.92 Å². The Balaban J connectivity index is 1.77. The van der Waals surface area contributed by atoms with Crippen molar-refractivity contribution in [3.05, 3.63) is 35.9 Å². The predicted octanol–water partition coefficient (Wildman–Crippen LogP) is 1.11. The molecule has 1 heterocycles. The number of morpholine rings is 1. The summed E-state index contributed by atoms with van der Waals surface area (Å²) >= 11 is 0. The van der Waals surface area contributed by atoms with Crippen molar-refractivity contribution in [3.8, 4) is 0 Å². The fourth-order valence-electron chi connectivity index (χ4n) is 2.51. The third kappa shape index (κ3) is 3.42. The Morgan fingerprint density at radius 3 is 2.43 bits per heavy atom. The standard InChI is InChI=1S/C16H20N2O3/c19-15(13-6-7-13)17-14(12-4-2-1-3-5-12)16(20)18-8-10-21-11-9-18/h1-5,13-14H,6-11H2,(H,17,19)/t14-/m0/s1. The number of carbonyl (C=O) groups is 2. The van der Waals surface area contributed by atoms with E-state index >= 15 is 0 Å². The molecular formula is C16H20N2O3. The second-order valence-corrected chi connectivity index (χ2v) is 5.56. The second-order valence-electron chi connectivity index (χ2n) is 5.56. The first-order valence-corrected chi connectivity index (χ1v) is 7.47. The number of hydrogen-bond acceptors (Lipinski definition) is 3. The van der Waals surface area contributed by atoms with E-state index in [2.05, 4.69) is 5.32 Å². The van der Waals surface area contributed by atoms with Gasteiger partial charge in [-0.25, -0.2) is 0 Å². The summed E-state index contributed by atoms with van der Waals surface area (Å²) in [4.78, 5) is 26.6. The number of amides is 2. The largest absolute Gasteiger partial charge is 0.378 e. The van der Waals surface area contributed by atoms with Crippen LogP contribution in [-0.2, 0) is 14.3 Å². The van der Waals surface area contributed by atoms with Crippen molar-refractivity contribution >= 4 is 11.8 Å². The van der Waals surface area contributed by atoms with Crippen LogP contribution in [-0.4, -0.2) is 43.0 Å². The molecule has 1 aromatic rings. The summed E-state index contributed by atoms with van der Waals surface area (Å²) in [7, 11) is 0. The summed E-state index contributed by atoms with van der Waals surface area (Å²) in [5.74, 6) is 0.0395. The van der Waals surface area contributed by atoms with Gasteiger partial charge in [0.1, 0.15) is 6.04 Å². The summed E-state index contributed by atoms with van der Waals surface area (Å²) < 4.78 is 5.28. The van der Waals surface area contributed by atoms with Crippen molar-refractivity contribution in [2.75, 3.05) is 26.3 Å². The Morgan fingerprint density at radius 1 is 1.14 bits per heavy atom. The van der Waals surface area contributed by atoms with Gasteiger partial charge in [-0.1, -0.05) is 30.3 Å². The minimum Gasteiger partial charge on any atom is -0.378 e. The fourth-order valence-corrected chi connectivity index (χ4v) is 2.51. The van der Waals surface area contributed by atoms with Gasteiger partial charge < -0.3 is 15.0 Å². The Kier molecular flexibility index (Phi) is 4.20. The molecule has 2 aliphatic rings. The molecule has 1 atom stereocenters. The Labute approximate surface area is 124 Å². The highest BCUT2D eigenvalue weighted by atomic mass is 16.5. The van der Waals surface area contributed by atoms with E-state index in [1.54, 1.807) is 4.90 Å². The second kappa shape index (κ2) is 6.26. The maximum Gasteiger partial charge on any atom is 0.249 e. The average molecular weight is 288 g/mol. The SMILES string of the molecule is O=C(N[C@H](C(=O)N1CCOCC1)c1ccccc1)C1CC1. The van der Waals surface area contributed by atoms with Gasteiger partial charge in [0.05, 0.1) is 13.2 Å². The fraction of sp³-hybridized carbons (Fsp3) is 0.500. The highest BCUT2D eigenvalue weighted by Crippen LogP contribution is 2.30. The van der Waals surface area contributed by atoms with Gasteiger partial charge in [-0.3, -0.25) is 9.59 Å². The molecule has 1 aliphatic heterocycles. The molecule has 2 fully saturated rings. The lowest BCUT2D eigenvalue weighted by atomic mass is 10.0. The minimum atomic E-state index is -0.586. The molecule has 1 saturated heterocycles. The first-order valence-electron chi connectivity index (χ1n) is 7.47. The van der Waals surface area contributed by atoms with Gasteiger partial charge >= 0.3 is 0 Å². The van der Waals surface area contributed by atoms with Gasteiger partial charge in [-0.2, -0.15) is 0 Å². The summed E-state index contributed by atoms with van der Waals surface area (Å²) in [6, 6.07) is 8.86. The van der Waals surface area contributed by atoms with Gasteiger partial charge in [0.15, 0.2) is 0 Å². The first-order chi connectivity index (χ1) is 10.3. The molecule has 112 valence electrons. The van der Waals surface area contributed by atoms with E-state index < -0.39 is 6.04 Å². The average Bonchev–Trinajstić information content (AvgIpc) is 3.38. The molecule has 0 unspecified atom stereocenters. The molecule has 5 nitrogen and oxygen atoms in total. The zero-order valence-electron chi connectivity index (χ0n) is 12.0. The number of hydrogen-bond donors (Lipinski definition) is 1. The van der Waals surface area contributed by atoms with Crippen LogP contribution < -0.4 is 5.32 Å². The molecule has 2 amide bonds. The summed E-state index contributed by atoms with van der Waals surface area (Å²) in [6.07, 6.45) is 1.86. The van der Waals surface area contributed by atoms with Crippen molar-refractivity contribution in [1.29, 1.82) is 0 Å². The molecule has 0 radical (unpaired) electrons. The smallest absolute Gasteiger partial charge is 0.249 e. The van der Waals surface area contributed by atoms with Gasteiger partial charge in [0.25, 0.3) is 0 Å². The zero-order chi connectivity index (χ0) is 14.7. The molecule has 1 N–H and O–H groups in total. The van der Waals surface area contributed by atoms with Crippen LogP contribution in [0.15, 0.2) is 30.3 Å². The number of rotatable bonds is 4. The first kappa shape index (κ1) is 14.1. The van der Waals surface area contributed by atoms with Gasteiger partial charge in [0.2, 0.25) is 11.8 Å². The van der Waals surface area contributed by atoms with Crippen LogP contribution in [0.5, 0.6) is 0 Å². The molecule has 21 heavy (non-hydrogen) atoms. The topological polar surface area (TPSA) is 58.6 Å². The molecule has 0 spiro atoms. The van der Waals surface area contributed by atoms with Gasteiger partial charge in [-0.05, 0) is 18.4 Å². The molecular weight excluding hydrogens is 268 g/mol. The van der Waals surface area contributed by atoms with E-state index in [1.165, 1.54) is 0 Å². The van der Waals surface area contributed by atoms with Crippen LogP contribution in [0.2, 0.25) is 0 Å². The number of nitrogens with zero attached hydrogens (tertiary/aromatic N) is 1. The lowest BCUT2D eigenvalue weighted by Gasteiger charge is -2.31. The lowest BCUT2D eigenvalue weighted by molar-refractivity contribution is -0.140. The van der Waals surface area contributed by atoms with Crippen LogP contribution in [0.25, 0.3) is 0 Å². The quantitative estimate of drug-likeness (QED) is 0.903. The van der Waals surface area contributed by atoms with E-state index in [1.807, 2.05) is 30.3 Å². The Morgan fingerprint density at radius 2 is 1.81 bits per heavy atom. The van der Waals surface area contributed by atoms with Crippen molar-refractivity contribution in [2.24, 2.45) is 5.92 Å². The summed E-state index contributed by atoms with van der Waals surface area (Å²) in [6.45, 7) is 2.29. The predicted molar refractivity (Wildman–Crippen MR) is 77.4 cm³/mol. The number of carbonyl (C=O) groups excluding carboxylic acids is 2. The monoisotopic (exact) mass is 288 g/mol. The maximum atomic E-state index is 12.7. The van der Waals surface area contributed by atoms with Crippen LogP contribution in [0.3, 0.4) is 0 Å². The Bertz CT molecular complexity index is 508. The van der Waals surface area contributed by atoms with Crippen molar-refractivity contribution in [1.82, 2.24) is 10.2 Å². The van der Waals surface area contributed by atoms with E-state index in [-0.39, 0.29) is 17.7 Å². The van der Waals surface area contributed by atoms with E-state index in [9.17, 15) is 9.59 Å². The molecule has 1 saturated carbocycles. The third-order valence-electron chi connectivity index (χ3n) is 3.94. The van der Waals surface area contributed by atoms with Crippen molar-refractivity contribution in [2.45, 2.75) is 18.9 Å². The number of nitrogens with one attached hydrogen (secondary N) is 1. The molecule has 1 aliphatic carbocycles. The maximum absolute atomic E-state index is 12.7. The summed E-state index contributed by atoms with van der Waals surface area (Å²) in [5.41, 5.74) is 0.836. The molecule has 0 aromatic heterocycles. The van der Waals surface area contributed by atoms with Crippen LogP contribution >= 0.6 is 0 Å². The van der Waals surface area contributed by atoms with Gasteiger partial charge in [0, 0.05) is 19.0 Å². The molecule has 3 rings (SSSR count).